The average molecular weight is 416 g/mol. The van der Waals surface area contributed by atoms with Gasteiger partial charge in [-0.1, -0.05) is 34.1 Å². The number of anilines is 1. The van der Waals surface area contributed by atoms with Gasteiger partial charge in [-0.05, 0) is 32.1 Å². The van der Waals surface area contributed by atoms with Crippen LogP contribution in [-0.4, -0.2) is 27.8 Å². The Labute approximate surface area is 175 Å². The maximum atomic E-state index is 13.4. The summed E-state index contributed by atoms with van der Waals surface area (Å²) in [6.45, 7) is 8.95. The van der Waals surface area contributed by atoms with Gasteiger partial charge in [0.1, 0.15) is 5.84 Å². The molecule has 0 aromatic carbocycles. The molecule has 1 aromatic heterocycles. The summed E-state index contributed by atoms with van der Waals surface area (Å²) >= 11 is 1.61. The maximum Gasteiger partial charge on any atom is 0.333 e. The van der Waals surface area contributed by atoms with Crippen molar-refractivity contribution in [1.82, 2.24) is 4.98 Å². The van der Waals surface area contributed by atoms with Gasteiger partial charge >= 0.3 is 5.97 Å². The van der Waals surface area contributed by atoms with Crippen LogP contribution in [0.5, 0.6) is 0 Å². The smallest absolute Gasteiger partial charge is 0.333 e. The second kappa shape index (κ2) is 7.04. The summed E-state index contributed by atoms with van der Waals surface area (Å²) in [5.74, 6) is -0.250. The standard InChI is InChI=1S/C22H29N3O3S/c1-21(2)10-11-22(3,4)17-16(21)24-20(29-17)25(18(26)13-6-5-7-13)15-9-8-14(12-23-15)19(27)28/h12-13H,5-11H2,1-4H3,(H,27,28). The number of carbonyl (C=O) groups excluding carboxylic acids is 1. The Morgan fingerprint density at radius 1 is 1.14 bits per heavy atom. The average Bonchev–Trinajstić information content (AvgIpc) is 3.06. The SMILES string of the molecule is CC1(C)CCC(C)(C)c2sc(N(C(=O)C3CCC3)C3=NC=C(C(=O)O)CC3)nc21. The van der Waals surface area contributed by atoms with Gasteiger partial charge < -0.3 is 5.11 Å². The lowest BCUT2D eigenvalue weighted by Crippen LogP contribution is -2.43. The maximum absolute atomic E-state index is 13.4. The molecule has 7 heteroatoms. The monoisotopic (exact) mass is 415 g/mol. The number of hydrogen-bond acceptors (Lipinski definition) is 5. The summed E-state index contributed by atoms with van der Waals surface area (Å²) < 4.78 is 0. The molecule has 2 heterocycles. The van der Waals surface area contributed by atoms with Gasteiger partial charge in [0.05, 0.1) is 11.3 Å². The Bertz CT molecular complexity index is 888. The van der Waals surface area contributed by atoms with Gasteiger partial charge in [-0.3, -0.25) is 4.79 Å². The first kappa shape index (κ1) is 20.3. The van der Waals surface area contributed by atoms with E-state index in [0.29, 0.717) is 23.8 Å². The van der Waals surface area contributed by atoms with E-state index < -0.39 is 5.97 Å². The van der Waals surface area contributed by atoms with Crippen LogP contribution in [0.3, 0.4) is 0 Å². The van der Waals surface area contributed by atoms with E-state index in [4.69, 9.17) is 4.98 Å². The van der Waals surface area contributed by atoms with Gasteiger partial charge in [0, 0.05) is 34.2 Å². The fourth-order valence-corrected chi connectivity index (χ4v) is 5.61. The molecule has 1 aromatic rings. The fraction of sp³-hybridized carbons (Fsp3) is 0.636. The van der Waals surface area contributed by atoms with Crippen molar-refractivity contribution in [2.45, 2.75) is 83.5 Å². The second-order valence-electron chi connectivity index (χ2n) is 9.75. The van der Waals surface area contributed by atoms with E-state index in [9.17, 15) is 14.7 Å². The van der Waals surface area contributed by atoms with E-state index in [1.54, 1.807) is 16.2 Å². The molecule has 1 aliphatic heterocycles. The van der Waals surface area contributed by atoms with Crippen LogP contribution in [-0.2, 0) is 20.4 Å². The number of amides is 1. The third-order valence-electron chi connectivity index (χ3n) is 6.63. The highest BCUT2D eigenvalue weighted by atomic mass is 32.1. The number of aliphatic carboxylic acids is 1. The van der Waals surface area contributed by atoms with Gasteiger partial charge in [-0.15, -0.1) is 11.3 Å². The van der Waals surface area contributed by atoms with Crippen molar-refractivity contribution in [3.63, 3.8) is 0 Å². The van der Waals surface area contributed by atoms with Gasteiger partial charge in [0.25, 0.3) is 0 Å². The molecule has 2 aliphatic carbocycles. The Morgan fingerprint density at radius 2 is 1.83 bits per heavy atom. The van der Waals surface area contributed by atoms with E-state index >= 15 is 0 Å². The number of aromatic nitrogens is 1. The van der Waals surface area contributed by atoms with E-state index in [-0.39, 0.29) is 28.2 Å². The summed E-state index contributed by atoms with van der Waals surface area (Å²) in [4.78, 5) is 36.9. The molecule has 1 amide bonds. The Hall–Kier alpha value is -2.02. The zero-order chi connectivity index (χ0) is 21.0. The first-order valence-electron chi connectivity index (χ1n) is 10.4. The summed E-state index contributed by atoms with van der Waals surface area (Å²) in [5.41, 5.74) is 1.40. The lowest BCUT2D eigenvalue weighted by atomic mass is 9.69. The molecule has 0 spiro atoms. The number of carboxylic acid groups (broad SMARTS) is 1. The molecular weight excluding hydrogens is 386 g/mol. The molecule has 1 fully saturated rings. The molecule has 1 N–H and O–H groups in total. The van der Waals surface area contributed by atoms with Crippen LogP contribution in [0.15, 0.2) is 16.8 Å². The lowest BCUT2D eigenvalue weighted by molar-refractivity contribution is -0.132. The van der Waals surface area contributed by atoms with E-state index in [1.165, 1.54) is 11.1 Å². The number of fused-ring (bicyclic) bond motifs is 1. The van der Waals surface area contributed by atoms with Crippen LogP contribution in [0, 0.1) is 5.92 Å². The topological polar surface area (TPSA) is 82.9 Å². The zero-order valence-electron chi connectivity index (χ0n) is 17.6. The minimum atomic E-state index is -0.946. The van der Waals surface area contributed by atoms with Crippen molar-refractivity contribution >= 4 is 34.2 Å². The predicted octanol–water partition coefficient (Wildman–Crippen LogP) is 4.79. The Morgan fingerprint density at radius 3 is 2.34 bits per heavy atom. The van der Waals surface area contributed by atoms with Crippen molar-refractivity contribution in [3.05, 3.63) is 22.3 Å². The molecule has 156 valence electrons. The highest BCUT2D eigenvalue weighted by Gasteiger charge is 2.43. The third-order valence-corrected chi connectivity index (χ3v) is 8.04. The number of hydrogen-bond donors (Lipinski definition) is 1. The van der Waals surface area contributed by atoms with E-state index in [1.807, 2.05) is 0 Å². The number of carboxylic acids is 1. The first-order valence-corrected chi connectivity index (χ1v) is 11.3. The number of amidine groups is 1. The van der Waals surface area contributed by atoms with Crippen molar-refractivity contribution in [3.8, 4) is 0 Å². The van der Waals surface area contributed by atoms with Gasteiger partial charge in [-0.2, -0.15) is 0 Å². The summed E-state index contributed by atoms with van der Waals surface area (Å²) in [5, 5.41) is 9.92. The quantitative estimate of drug-likeness (QED) is 0.770. The van der Waals surface area contributed by atoms with E-state index in [2.05, 4.69) is 32.7 Å². The molecule has 0 saturated heterocycles. The van der Waals surface area contributed by atoms with Crippen LogP contribution in [0.1, 0.15) is 83.2 Å². The molecule has 6 nitrogen and oxygen atoms in total. The van der Waals surface area contributed by atoms with Gasteiger partial charge in [-0.25, -0.2) is 19.7 Å². The van der Waals surface area contributed by atoms with Gasteiger partial charge in [0.15, 0.2) is 5.13 Å². The Balaban J connectivity index is 1.78. The number of carbonyl (C=O) groups is 2. The number of thiazole rings is 1. The zero-order valence-corrected chi connectivity index (χ0v) is 18.4. The van der Waals surface area contributed by atoms with Crippen LogP contribution < -0.4 is 4.90 Å². The molecule has 0 atom stereocenters. The predicted molar refractivity (Wildman–Crippen MR) is 115 cm³/mol. The molecule has 4 rings (SSSR count). The molecule has 0 unspecified atom stereocenters. The lowest BCUT2D eigenvalue weighted by Gasteiger charge is -2.37. The molecule has 0 bridgehead atoms. The second-order valence-corrected chi connectivity index (χ2v) is 10.7. The molecule has 29 heavy (non-hydrogen) atoms. The van der Waals surface area contributed by atoms with Crippen molar-refractivity contribution in [2.24, 2.45) is 10.9 Å². The third kappa shape index (κ3) is 3.54. The molecule has 3 aliphatic rings. The first-order chi connectivity index (χ1) is 13.6. The number of aliphatic imine (C=N–C) groups is 1. The Kier molecular flexibility index (Phi) is 4.92. The van der Waals surface area contributed by atoms with Crippen LogP contribution in [0.2, 0.25) is 0 Å². The minimum Gasteiger partial charge on any atom is -0.478 e. The summed E-state index contributed by atoms with van der Waals surface area (Å²) in [7, 11) is 0. The molecular formula is C22H29N3O3S. The van der Waals surface area contributed by atoms with Crippen molar-refractivity contribution in [2.75, 3.05) is 4.90 Å². The minimum absolute atomic E-state index is 0.0181. The largest absolute Gasteiger partial charge is 0.478 e. The summed E-state index contributed by atoms with van der Waals surface area (Å²) in [6.07, 6.45) is 7.26. The molecule has 0 radical (unpaired) electrons. The fourth-order valence-electron chi connectivity index (χ4n) is 4.21. The van der Waals surface area contributed by atoms with Gasteiger partial charge in [0.2, 0.25) is 5.91 Å². The van der Waals surface area contributed by atoms with Crippen molar-refractivity contribution < 1.29 is 14.7 Å². The van der Waals surface area contributed by atoms with E-state index in [0.717, 1.165) is 37.8 Å². The molecule has 1 saturated carbocycles. The number of rotatable bonds is 3. The van der Waals surface area contributed by atoms with Crippen LogP contribution >= 0.6 is 11.3 Å². The van der Waals surface area contributed by atoms with Crippen molar-refractivity contribution in [1.29, 1.82) is 0 Å². The van der Waals surface area contributed by atoms with Crippen LogP contribution in [0.25, 0.3) is 0 Å². The van der Waals surface area contributed by atoms with Crippen LogP contribution in [0.4, 0.5) is 5.13 Å². The number of nitrogens with zero attached hydrogens (tertiary/aromatic N) is 3. The summed E-state index contributed by atoms with van der Waals surface area (Å²) in [6, 6.07) is 0. The highest BCUT2D eigenvalue weighted by Crippen LogP contribution is 2.50. The highest BCUT2D eigenvalue weighted by molar-refractivity contribution is 7.16. The normalized spacial score (nSPS) is 22.8.